The predicted molar refractivity (Wildman–Crippen MR) is 89.4 cm³/mol. The van der Waals surface area contributed by atoms with Gasteiger partial charge in [-0.25, -0.2) is 18.1 Å². The molecule has 2 unspecified atom stereocenters. The van der Waals surface area contributed by atoms with E-state index in [0.717, 1.165) is 6.42 Å². The molecule has 0 saturated heterocycles. The van der Waals surface area contributed by atoms with Crippen LogP contribution in [0.15, 0.2) is 21.6 Å². The van der Waals surface area contributed by atoms with E-state index >= 15 is 0 Å². The maximum atomic E-state index is 12.4. The van der Waals surface area contributed by atoms with Gasteiger partial charge in [0.05, 0.1) is 0 Å². The molecule has 1 aromatic heterocycles. The zero-order valence-corrected chi connectivity index (χ0v) is 15.4. The number of anilines is 1. The van der Waals surface area contributed by atoms with Gasteiger partial charge in [-0.05, 0) is 35.3 Å². The zero-order valence-electron chi connectivity index (χ0n) is 12.2. The average molecular weight is 398 g/mol. The van der Waals surface area contributed by atoms with Gasteiger partial charge in [-0.3, -0.25) is 4.21 Å². The van der Waals surface area contributed by atoms with Crippen LogP contribution in [0.2, 0.25) is 0 Å². The molecule has 0 saturated carbocycles. The molecule has 0 radical (unpaired) electrons. The molecule has 9 heteroatoms. The average Bonchev–Trinajstić information content (AvgIpc) is 2.35. The van der Waals surface area contributed by atoms with Crippen LogP contribution in [0.3, 0.4) is 0 Å². The Morgan fingerprint density at radius 1 is 1.48 bits per heavy atom. The van der Waals surface area contributed by atoms with Gasteiger partial charge < -0.3 is 5.32 Å². The van der Waals surface area contributed by atoms with Crippen LogP contribution in [0, 0.1) is 0 Å². The summed E-state index contributed by atoms with van der Waals surface area (Å²) in [7, 11) is -4.80. The van der Waals surface area contributed by atoms with Crippen molar-refractivity contribution in [2.75, 3.05) is 23.9 Å². The van der Waals surface area contributed by atoms with Gasteiger partial charge in [-0.1, -0.05) is 6.92 Å². The lowest BCUT2D eigenvalue weighted by Crippen LogP contribution is -2.36. The first-order valence-electron chi connectivity index (χ1n) is 6.48. The molecule has 0 spiro atoms. The Bertz CT molecular complexity index is 608. The fourth-order valence-corrected chi connectivity index (χ4v) is 4.49. The molecule has 21 heavy (non-hydrogen) atoms. The fraction of sp³-hybridized carbons (Fsp3) is 0.583. The first kappa shape index (κ1) is 18.5. The van der Waals surface area contributed by atoms with E-state index in [1.165, 1.54) is 6.07 Å². The Hall–Kier alpha value is -0.510. The molecule has 1 heterocycles. The third kappa shape index (κ3) is 6.01. The number of nitrogens with zero attached hydrogens (tertiary/aromatic N) is 1. The third-order valence-electron chi connectivity index (χ3n) is 2.49. The maximum Gasteiger partial charge on any atom is 0.244 e. The molecule has 0 bridgehead atoms. The zero-order chi connectivity index (χ0) is 16.0. The number of hydrogen-bond donors (Lipinski definition) is 2. The number of sulfonamides is 1. The van der Waals surface area contributed by atoms with Crippen LogP contribution < -0.4 is 10.0 Å². The Labute approximate surface area is 136 Å². The summed E-state index contributed by atoms with van der Waals surface area (Å²) in [6, 6.07) is 1.09. The van der Waals surface area contributed by atoms with Gasteiger partial charge in [-0.15, -0.1) is 0 Å². The number of rotatable bonds is 8. The summed E-state index contributed by atoms with van der Waals surface area (Å²) < 4.78 is 39.2. The van der Waals surface area contributed by atoms with E-state index in [1.54, 1.807) is 19.4 Å². The summed E-state index contributed by atoms with van der Waals surface area (Å²) in [4.78, 5) is 4.20. The van der Waals surface area contributed by atoms with Crippen molar-refractivity contribution < 1.29 is 12.6 Å². The molecule has 1 rings (SSSR count). The van der Waals surface area contributed by atoms with E-state index in [1.807, 2.05) is 6.92 Å². The van der Waals surface area contributed by atoms with Crippen LogP contribution in [0.5, 0.6) is 0 Å². The first-order chi connectivity index (χ1) is 9.76. The Morgan fingerprint density at radius 2 is 2.14 bits per heavy atom. The lowest BCUT2D eigenvalue weighted by Gasteiger charge is -2.16. The largest absolute Gasteiger partial charge is 0.369 e. The highest BCUT2D eigenvalue weighted by Crippen LogP contribution is 2.23. The summed E-state index contributed by atoms with van der Waals surface area (Å²) in [5, 5.41) is 3.00. The number of nitrogens with one attached hydrogen (secondary N) is 2. The lowest BCUT2D eigenvalue weighted by atomic mass is 10.4. The minimum absolute atomic E-state index is 0.0825. The molecular formula is C12H20BrN3O3S2. The number of aromatic nitrogens is 1. The van der Waals surface area contributed by atoms with Crippen LogP contribution in [-0.2, 0) is 20.8 Å². The van der Waals surface area contributed by atoms with Crippen LogP contribution in [-0.4, -0.2) is 42.2 Å². The van der Waals surface area contributed by atoms with Crippen molar-refractivity contribution in [3.8, 4) is 0 Å². The number of pyridine rings is 1. The molecule has 0 fully saturated rings. The van der Waals surface area contributed by atoms with Crippen LogP contribution in [0.1, 0.15) is 20.3 Å². The van der Waals surface area contributed by atoms with Gasteiger partial charge in [0.1, 0.15) is 10.7 Å². The smallest absolute Gasteiger partial charge is 0.244 e. The summed E-state index contributed by atoms with van der Waals surface area (Å²) in [6.07, 6.45) is 3.94. The molecule has 0 amide bonds. The molecule has 1 aromatic rings. The van der Waals surface area contributed by atoms with E-state index in [4.69, 9.17) is 0 Å². The topological polar surface area (TPSA) is 88.2 Å². The van der Waals surface area contributed by atoms with Crippen LogP contribution in [0.25, 0.3) is 0 Å². The molecule has 0 aliphatic heterocycles. The third-order valence-corrected chi connectivity index (χ3v) is 5.50. The SMILES string of the molecule is CCCNc1ncc(Br)cc1S(=O)(=O)NC(C)CS(C)=O. The predicted octanol–water partition coefficient (Wildman–Crippen LogP) is 1.71. The monoisotopic (exact) mass is 397 g/mol. The molecule has 0 aliphatic carbocycles. The standard InChI is InChI=1S/C12H20BrN3O3S2/c1-4-5-14-12-11(6-10(13)7-15-12)21(18,19)16-9(2)8-20(3)17/h6-7,9,16H,4-5,8H2,1-3H3,(H,14,15). The van der Waals surface area contributed by atoms with Crippen molar-refractivity contribution in [3.05, 3.63) is 16.7 Å². The highest BCUT2D eigenvalue weighted by atomic mass is 79.9. The Morgan fingerprint density at radius 3 is 2.71 bits per heavy atom. The van der Waals surface area contributed by atoms with E-state index in [9.17, 15) is 12.6 Å². The van der Waals surface area contributed by atoms with Gasteiger partial charge in [-0.2, -0.15) is 0 Å². The van der Waals surface area contributed by atoms with E-state index < -0.39 is 26.9 Å². The first-order valence-corrected chi connectivity index (χ1v) is 10.5. The van der Waals surface area contributed by atoms with Crippen molar-refractivity contribution in [2.24, 2.45) is 0 Å². The molecule has 2 N–H and O–H groups in total. The second kappa shape index (κ2) is 8.21. The Balaban J connectivity index is 3.05. The second-order valence-electron chi connectivity index (χ2n) is 4.69. The van der Waals surface area contributed by atoms with Gasteiger partial charge >= 0.3 is 0 Å². The molecule has 0 aliphatic rings. The van der Waals surface area contributed by atoms with Gasteiger partial charge in [0.15, 0.2) is 0 Å². The maximum absolute atomic E-state index is 12.4. The van der Waals surface area contributed by atoms with Crippen LogP contribution >= 0.6 is 15.9 Å². The minimum atomic E-state index is -3.73. The molecule has 0 aromatic carbocycles. The minimum Gasteiger partial charge on any atom is -0.369 e. The van der Waals surface area contributed by atoms with Crippen molar-refractivity contribution >= 4 is 42.6 Å². The van der Waals surface area contributed by atoms with Gasteiger partial charge in [0, 0.05) is 46.1 Å². The Kier molecular flexibility index (Phi) is 7.25. The summed E-state index contributed by atoms with van der Waals surface area (Å²) in [5.41, 5.74) is 0. The van der Waals surface area contributed by atoms with Crippen LogP contribution in [0.4, 0.5) is 5.82 Å². The van der Waals surface area contributed by atoms with E-state index in [2.05, 4.69) is 31.0 Å². The quantitative estimate of drug-likeness (QED) is 0.696. The lowest BCUT2D eigenvalue weighted by molar-refractivity contribution is 0.570. The molecular weight excluding hydrogens is 378 g/mol. The van der Waals surface area contributed by atoms with Gasteiger partial charge in [0.25, 0.3) is 0 Å². The number of hydrogen-bond acceptors (Lipinski definition) is 5. The second-order valence-corrected chi connectivity index (χ2v) is 8.77. The summed E-state index contributed by atoms with van der Waals surface area (Å²) in [6.45, 7) is 4.30. The highest BCUT2D eigenvalue weighted by Gasteiger charge is 2.22. The normalized spacial score (nSPS) is 14.7. The van der Waals surface area contributed by atoms with E-state index in [0.29, 0.717) is 16.8 Å². The molecule has 6 nitrogen and oxygen atoms in total. The van der Waals surface area contributed by atoms with Gasteiger partial charge in [0.2, 0.25) is 10.0 Å². The summed E-state index contributed by atoms with van der Waals surface area (Å²) >= 11 is 3.23. The highest BCUT2D eigenvalue weighted by molar-refractivity contribution is 9.10. The van der Waals surface area contributed by atoms with Crippen molar-refractivity contribution in [3.63, 3.8) is 0 Å². The number of halogens is 1. The molecule has 120 valence electrons. The molecule has 2 atom stereocenters. The fourth-order valence-electron chi connectivity index (χ4n) is 1.72. The van der Waals surface area contributed by atoms with Crippen molar-refractivity contribution in [1.29, 1.82) is 0 Å². The van der Waals surface area contributed by atoms with Crippen molar-refractivity contribution in [2.45, 2.75) is 31.2 Å². The van der Waals surface area contributed by atoms with E-state index in [-0.39, 0.29) is 10.6 Å². The van der Waals surface area contributed by atoms with Crippen molar-refractivity contribution in [1.82, 2.24) is 9.71 Å². The summed E-state index contributed by atoms with van der Waals surface area (Å²) in [5.74, 6) is 0.579.